The molecule has 1 fully saturated rings. The van der Waals surface area contributed by atoms with E-state index >= 15 is 0 Å². The van der Waals surface area contributed by atoms with E-state index in [2.05, 4.69) is 4.98 Å². The molecule has 0 bridgehead atoms. The molecule has 5 heteroatoms. The number of nitrogens with one attached hydrogen (secondary N) is 1. The highest BCUT2D eigenvalue weighted by atomic mass is 19.3. The average molecular weight is 229 g/mol. The molecule has 0 saturated heterocycles. The Labute approximate surface area is 91.5 Å². The van der Waals surface area contributed by atoms with Gasteiger partial charge >= 0.3 is 5.97 Å². The van der Waals surface area contributed by atoms with Gasteiger partial charge in [-0.3, -0.25) is 4.79 Å². The predicted molar refractivity (Wildman–Crippen MR) is 53.5 cm³/mol. The number of carboxylic acid groups (broad SMARTS) is 1. The second-order valence-corrected chi connectivity index (χ2v) is 4.34. The first kappa shape index (κ1) is 11.1. The SMILES string of the molecule is O=C(O)C1(c2cc[nH]c2)CCC(F)(F)CC1. The molecule has 0 radical (unpaired) electrons. The Balaban J connectivity index is 2.30. The molecule has 1 aliphatic carbocycles. The van der Waals surface area contributed by atoms with Gasteiger partial charge in [0.2, 0.25) is 5.92 Å². The van der Waals surface area contributed by atoms with Crippen molar-refractivity contribution in [3.8, 4) is 0 Å². The van der Waals surface area contributed by atoms with Gasteiger partial charge < -0.3 is 10.1 Å². The number of rotatable bonds is 2. The first-order chi connectivity index (χ1) is 7.46. The second-order valence-electron chi connectivity index (χ2n) is 4.34. The normalized spacial score (nSPS) is 22.9. The van der Waals surface area contributed by atoms with Crippen LogP contribution >= 0.6 is 0 Å². The highest BCUT2D eigenvalue weighted by Gasteiger charge is 2.49. The van der Waals surface area contributed by atoms with Crippen LogP contribution in [0.4, 0.5) is 8.78 Å². The average Bonchev–Trinajstić information content (AvgIpc) is 2.71. The first-order valence-electron chi connectivity index (χ1n) is 5.21. The molecule has 1 aromatic rings. The van der Waals surface area contributed by atoms with Crippen LogP contribution < -0.4 is 0 Å². The zero-order valence-electron chi connectivity index (χ0n) is 8.67. The molecular formula is C11H13F2NO2. The number of alkyl halides is 2. The Morgan fingerprint density at radius 2 is 1.94 bits per heavy atom. The van der Waals surface area contributed by atoms with Crippen LogP contribution in [0.25, 0.3) is 0 Å². The smallest absolute Gasteiger partial charge is 0.314 e. The maximum Gasteiger partial charge on any atom is 0.314 e. The van der Waals surface area contributed by atoms with Gasteiger partial charge in [-0.05, 0) is 24.5 Å². The summed E-state index contributed by atoms with van der Waals surface area (Å²) in [7, 11) is 0. The lowest BCUT2D eigenvalue weighted by Crippen LogP contribution is -2.42. The third-order valence-electron chi connectivity index (χ3n) is 3.39. The van der Waals surface area contributed by atoms with Crippen molar-refractivity contribution in [1.29, 1.82) is 0 Å². The minimum Gasteiger partial charge on any atom is -0.481 e. The summed E-state index contributed by atoms with van der Waals surface area (Å²) in [4.78, 5) is 14.1. The third-order valence-corrected chi connectivity index (χ3v) is 3.39. The highest BCUT2D eigenvalue weighted by molar-refractivity contribution is 5.81. The molecule has 16 heavy (non-hydrogen) atoms. The number of carboxylic acids is 1. The molecule has 1 saturated carbocycles. The molecule has 2 N–H and O–H groups in total. The van der Waals surface area contributed by atoms with Crippen LogP contribution in [0.1, 0.15) is 31.2 Å². The van der Waals surface area contributed by atoms with Gasteiger partial charge in [0, 0.05) is 25.2 Å². The lowest BCUT2D eigenvalue weighted by atomic mass is 9.69. The van der Waals surface area contributed by atoms with Crippen LogP contribution in [0.5, 0.6) is 0 Å². The van der Waals surface area contributed by atoms with Crippen LogP contribution in [0.15, 0.2) is 18.5 Å². The summed E-state index contributed by atoms with van der Waals surface area (Å²) in [5.41, 5.74) is -0.544. The Bertz CT molecular complexity index is 377. The van der Waals surface area contributed by atoms with Crippen molar-refractivity contribution in [2.75, 3.05) is 0 Å². The van der Waals surface area contributed by atoms with Gasteiger partial charge in [-0.2, -0.15) is 0 Å². The molecular weight excluding hydrogens is 216 g/mol. The van der Waals surface area contributed by atoms with Gasteiger partial charge in [-0.25, -0.2) is 8.78 Å². The fourth-order valence-corrected chi connectivity index (χ4v) is 2.29. The largest absolute Gasteiger partial charge is 0.481 e. The third kappa shape index (κ3) is 1.70. The number of halogens is 2. The molecule has 3 nitrogen and oxygen atoms in total. The number of carbonyl (C=O) groups is 1. The molecule has 0 unspecified atom stereocenters. The number of hydrogen-bond donors (Lipinski definition) is 2. The van der Waals surface area contributed by atoms with Crippen molar-refractivity contribution in [2.45, 2.75) is 37.0 Å². The van der Waals surface area contributed by atoms with Crippen molar-refractivity contribution in [1.82, 2.24) is 4.98 Å². The van der Waals surface area contributed by atoms with Crippen LogP contribution in [0.3, 0.4) is 0 Å². The summed E-state index contributed by atoms with van der Waals surface area (Å²) in [5, 5.41) is 9.27. The molecule has 0 spiro atoms. The summed E-state index contributed by atoms with van der Waals surface area (Å²) in [6.07, 6.45) is 2.47. The summed E-state index contributed by atoms with van der Waals surface area (Å²) >= 11 is 0. The lowest BCUT2D eigenvalue weighted by Gasteiger charge is -2.36. The quantitative estimate of drug-likeness (QED) is 0.818. The molecule has 0 amide bonds. The van der Waals surface area contributed by atoms with Crippen LogP contribution in [0.2, 0.25) is 0 Å². The van der Waals surface area contributed by atoms with Crippen molar-refractivity contribution in [3.63, 3.8) is 0 Å². The van der Waals surface area contributed by atoms with Crippen LogP contribution in [0, 0.1) is 0 Å². The van der Waals surface area contributed by atoms with Crippen molar-refractivity contribution >= 4 is 5.97 Å². The standard InChI is InChI=1S/C11H13F2NO2/c12-11(13)4-2-10(3-5-11,9(15)16)8-1-6-14-7-8/h1,6-7,14H,2-5H2,(H,15,16). The summed E-state index contributed by atoms with van der Waals surface area (Å²) in [6, 6.07) is 1.65. The fourth-order valence-electron chi connectivity index (χ4n) is 2.29. The summed E-state index contributed by atoms with van der Waals surface area (Å²) in [6.45, 7) is 0. The first-order valence-corrected chi connectivity index (χ1v) is 5.21. The monoisotopic (exact) mass is 229 g/mol. The van der Waals surface area contributed by atoms with E-state index in [0.29, 0.717) is 5.56 Å². The lowest BCUT2D eigenvalue weighted by molar-refractivity contribution is -0.149. The molecule has 88 valence electrons. The fraction of sp³-hybridized carbons (Fsp3) is 0.545. The maximum atomic E-state index is 13.1. The van der Waals surface area contributed by atoms with E-state index in [-0.39, 0.29) is 25.7 Å². The zero-order valence-corrected chi connectivity index (χ0v) is 8.67. The van der Waals surface area contributed by atoms with E-state index in [1.54, 1.807) is 18.5 Å². The minimum atomic E-state index is -2.71. The summed E-state index contributed by atoms with van der Waals surface area (Å²) < 4.78 is 26.1. The maximum absolute atomic E-state index is 13.1. The van der Waals surface area contributed by atoms with Gasteiger partial charge in [0.25, 0.3) is 0 Å². The Hall–Kier alpha value is -1.39. The molecule has 0 aromatic carbocycles. The van der Waals surface area contributed by atoms with Gasteiger partial charge in [0.1, 0.15) is 0 Å². The number of H-pyrrole nitrogens is 1. The molecule has 1 aromatic heterocycles. The number of aliphatic carboxylic acids is 1. The van der Waals surface area contributed by atoms with E-state index < -0.39 is 17.3 Å². The predicted octanol–water partition coefficient (Wildman–Crippen LogP) is 2.55. The van der Waals surface area contributed by atoms with Gasteiger partial charge in [0.15, 0.2) is 0 Å². The van der Waals surface area contributed by atoms with E-state index in [4.69, 9.17) is 0 Å². The zero-order chi connectivity index (χ0) is 11.8. The van der Waals surface area contributed by atoms with Gasteiger partial charge in [0.05, 0.1) is 5.41 Å². The van der Waals surface area contributed by atoms with Crippen LogP contribution in [-0.2, 0) is 10.2 Å². The number of hydrogen-bond acceptors (Lipinski definition) is 1. The highest BCUT2D eigenvalue weighted by Crippen LogP contribution is 2.45. The van der Waals surface area contributed by atoms with Crippen molar-refractivity contribution < 1.29 is 18.7 Å². The van der Waals surface area contributed by atoms with E-state index in [9.17, 15) is 18.7 Å². The van der Waals surface area contributed by atoms with E-state index in [1.165, 1.54) is 0 Å². The Morgan fingerprint density at radius 3 is 2.38 bits per heavy atom. The minimum absolute atomic E-state index is 0.00676. The number of aromatic amines is 1. The number of aromatic nitrogens is 1. The summed E-state index contributed by atoms with van der Waals surface area (Å²) in [5.74, 6) is -3.72. The van der Waals surface area contributed by atoms with E-state index in [1.807, 2.05) is 0 Å². The van der Waals surface area contributed by atoms with Crippen molar-refractivity contribution in [2.24, 2.45) is 0 Å². The van der Waals surface area contributed by atoms with Crippen molar-refractivity contribution in [3.05, 3.63) is 24.0 Å². The molecule has 1 aliphatic rings. The molecule has 0 atom stereocenters. The Kier molecular flexibility index (Phi) is 2.48. The second kappa shape index (κ2) is 3.57. The van der Waals surface area contributed by atoms with E-state index in [0.717, 1.165) is 0 Å². The Morgan fingerprint density at radius 1 is 1.31 bits per heavy atom. The van der Waals surface area contributed by atoms with Crippen LogP contribution in [-0.4, -0.2) is 22.0 Å². The van der Waals surface area contributed by atoms with Gasteiger partial charge in [-0.1, -0.05) is 0 Å². The topological polar surface area (TPSA) is 53.1 Å². The molecule has 2 rings (SSSR count). The molecule has 1 heterocycles. The molecule has 0 aliphatic heterocycles. The van der Waals surface area contributed by atoms with Gasteiger partial charge in [-0.15, -0.1) is 0 Å².